The number of aromatic nitrogens is 4. The van der Waals surface area contributed by atoms with E-state index in [4.69, 9.17) is 9.47 Å². The van der Waals surface area contributed by atoms with E-state index in [9.17, 15) is 4.79 Å². The summed E-state index contributed by atoms with van der Waals surface area (Å²) in [5, 5.41) is 4.52. The summed E-state index contributed by atoms with van der Waals surface area (Å²) in [5.41, 5.74) is 0.312. The van der Waals surface area contributed by atoms with Crippen LogP contribution in [0.5, 0.6) is 17.2 Å². The van der Waals surface area contributed by atoms with Crippen molar-refractivity contribution in [2.75, 3.05) is 7.11 Å². The molecule has 25 heavy (non-hydrogen) atoms. The molecule has 2 aromatic carbocycles. The maximum absolute atomic E-state index is 12.4. The fourth-order valence-electron chi connectivity index (χ4n) is 2.45. The molecule has 0 saturated heterocycles. The number of ether oxygens (including phenoxy) is 2. The maximum Gasteiger partial charge on any atom is 0.260 e. The SMILES string of the molecule is COc1ccc(Oc2ccc3nc(-n4cccn4)[nH]c(=O)c3c2)cc1. The molecule has 4 aromatic rings. The van der Waals surface area contributed by atoms with Crippen LogP contribution in [-0.4, -0.2) is 26.9 Å². The van der Waals surface area contributed by atoms with Gasteiger partial charge < -0.3 is 9.47 Å². The Hall–Kier alpha value is -3.61. The first-order valence-electron chi connectivity index (χ1n) is 7.59. The summed E-state index contributed by atoms with van der Waals surface area (Å²) in [6, 6.07) is 14.2. The van der Waals surface area contributed by atoms with Crippen LogP contribution in [0, 0.1) is 0 Å². The van der Waals surface area contributed by atoms with Crippen molar-refractivity contribution in [2.24, 2.45) is 0 Å². The van der Waals surface area contributed by atoms with Crippen LogP contribution < -0.4 is 15.0 Å². The molecule has 0 atom stereocenters. The van der Waals surface area contributed by atoms with E-state index in [1.807, 2.05) is 0 Å². The van der Waals surface area contributed by atoms with Crippen molar-refractivity contribution in [1.29, 1.82) is 0 Å². The topological polar surface area (TPSA) is 82.0 Å². The predicted octanol–water partition coefficient (Wildman–Crippen LogP) is 2.91. The second kappa shape index (κ2) is 6.12. The van der Waals surface area contributed by atoms with E-state index in [0.29, 0.717) is 28.4 Å². The Labute approximate surface area is 142 Å². The van der Waals surface area contributed by atoms with Gasteiger partial charge in [0, 0.05) is 12.4 Å². The number of hydrogen-bond donors (Lipinski definition) is 1. The van der Waals surface area contributed by atoms with Crippen LogP contribution in [0.3, 0.4) is 0 Å². The largest absolute Gasteiger partial charge is 0.497 e. The second-order valence-electron chi connectivity index (χ2n) is 5.30. The molecule has 1 N–H and O–H groups in total. The van der Waals surface area contributed by atoms with Gasteiger partial charge in [0.15, 0.2) is 0 Å². The highest BCUT2D eigenvalue weighted by molar-refractivity contribution is 5.79. The molecule has 124 valence electrons. The van der Waals surface area contributed by atoms with Gasteiger partial charge in [-0.1, -0.05) is 0 Å². The zero-order valence-electron chi connectivity index (χ0n) is 13.3. The van der Waals surface area contributed by atoms with E-state index >= 15 is 0 Å². The maximum atomic E-state index is 12.4. The molecule has 0 fully saturated rings. The van der Waals surface area contributed by atoms with Gasteiger partial charge >= 0.3 is 0 Å². The lowest BCUT2D eigenvalue weighted by molar-refractivity contribution is 0.413. The Morgan fingerprint density at radius 2 is 1.80 bits per heavy atom. The monoisotopic (exact) mass is 334 g/mol. The van der Waals surface area contributed by atoms with Gasteiger partial charge in [0.05, 0.1) is 18.0 Å². The average Bonchev–Trinajstić information content (AvgIpc) is 3.17. The van der Waals surface area contributed by atoms with Gasteiger partial charge in [-0.15, -0.1) is 0 Å². The molecule has 0 bridgehead atoms. The molecule has 2 aromatic heterocycles. The molecule has 0 aliphatic heterocycles. The number of hydrogen-bond acceptors (Lipinski definition) is 5. The highest BCUT2D eigenvalue weighted by atomic mass is 16.5. The summed E-state index contributed by atoms with van der Waals surface area (Å²) in [5.74, 6) is 2.32. The Morgan fingerprint density at radius 3 is 2.52 bits per heavy atom. The molecule has 0 saturated carbocycles. The third kappa shape index (κ3) is 2.94. The highest BCUT2D eigenvalue weighted by Gasteiger charge is 2.08. The molecule has 7 heteroatoms. The molecule has 4 rings (SSSR count). The standard InChI is InChI=1S/C18H14N4O3/c1-24-12-3-5-13(6-4-12)25-14-7-8-16-15(11-14)17(23)21-18(20-16)22-10-2-9-19-22/h2-11H,1H3,(H,20,21,23). The van der Waals surface area contributed by atoms with Crippen LogP contribution in [-0.2, 0) is 0 Å². The summed E-state index contributed by atoms with van der Waals surface area (Å²) in [7, 11) is 1.61. The first-order chi connectivity index (χ1) is 12.2. The minimum absolute atomic E-state index is 0.254. The van der Waals surface area contributed by atoms with Crippen LogP contribution >= 0.6 is 0 Å². The van der Waals surface area contributed by atoms with Gasteiger partial charge in [-0.05, 0) is 48.5 Å². The van der Waals surface area contributed by atoms with Gasteiger partial charge in [-0.3, -0.25) is 9.78 Å². The molecular formula is C18H14N4O3. The molecule has 0 radical (unpaired) electrons. The lowest BCUT2D eigenvalue weighted by Gasteiger charge is -2.08. The Balaban J connectivity index is 1.69. The normalized spacial score (nSPS) is 10.8. The van der Waals surface area contributed by atoms with E-state index in [2.05, 4.69) is 15.1 Å². The van der Waals surface area contributed by atoms with E-state index in [0.717, 1.165) is 5.75 Å². The smallest absolute Gasteiger partial charge is 0.260 e. The van der Waals surface area contributed by atoms with Crippen LogP contribution in [0.4, 0.5) is 0 Å². The van der Waals surface area contributed by atoms with E-state index < -0.39 is 0 Å². The summed E-state index contributed by atoms with van der Waals surface area (Å²) in [6.07, 6.45) is 3.33. The number of aromatic amines is 1. The number of nitrogens with one attached hydrogen (secondary N) is 1. The summed E-state index contributed by atoms with van der Waals surface area (Å²) >= 11 is 0. The van der Waals surface area contributed by atoms with Crippen LogP contribution in [0.25, 0.3) is 16.9 Å². The van der Waals surface area contributed by atoms with Crippen LogP contribution in [0.15, 0.2) is 65.7 Å². The van der Waals surface area contributed by atoms with Gasteiger partial charge in [0.25, 0.3) is 5.56 Å². The first-order valence-corrected chi connectivity index (χ1v) is 7.59. The number of nitrogens with zero attached hydrogens (tertiary/aromatic N) is 3. The first kappa shape index (κ1) is 14.9. The lowest BCUT2D eigenvalue weighted by atomic mass is 10.2. The van der Waals surface area contributed by atoms with Crippen molar-refractivity contribution in [3.63, 3.8) is 0 Å². The van der Waals surface area contributed by atoms with Crippen LogP contribution in [0.2, 0.25) is 0 Å². The zero-order valence-corrected chi connectivity index (χ0v) is 13.3. The second-order valence-corrected chi connectivity index (χ2v) is 5.30. The van der Waals surface area contributed by atoms with E-state index in [-0.39, 0.29) is 5.56 Å². The summed E-state index contributed by atoms with van der Waals surface area (Å²) < 4.78 is 12.4. The molecule has 0 aliphatic rings. The molecule has 0 spiro atoms. The Bertz CT molecular complexity index is 1070. The number of methoxy groups -OCH3 is 1. The van der Waals surface area contributed by atoms with Crippen molar-refractivity contribution in [3.05, 3.63) is 71.3 Å². The van der Waals surface area contributed by atoms with Gasteiger partial charge in [-0.25, -0.2) is 9.67 Å². The van der Waals surface area contributed by atoms with Crippen LogP contribution in [0.1, 0.15) is 0 Å². The van der Waals surface area contributed by atoms with Gasteiger partial charge in [0.1, 0.15) is 17.2 Å². The highest BCUT2D eigenvalue weighted by Crippen LogP contribution is 2.25. The average molecular weight is 334 g/mol. The minimum atomic E-state index is -0.254. The quantitative estimate of drug-likeness (QED) is 0.620. The Kier molecular flexibility index (Phi) is 3.66. The fraction of sp³-hybridized carbons (Fsp3) is 0.0556. The third-order valence-corrected chi connectivity index (χ3v) is 3.68. The number of fused-ring (bicyclic) bond motifs is 1. The fourth-order valence-corrected chi connectivity index (χ4v) is 2.45. The molecule has 0 aliphatic carbocycles. The van der Waals surface area contributed by atoms with Crippen molar-refractivity contribution >= 4 is 10.9 Å². The molecule has 7 nitrogen and oxygen atoms in total. The van der Waals surface area contributed by atoms with Crippen molar-refractivity contribution in [1.82, 2.24) is 19.7 Å². The van der Waals surface area contributed by atoms with Gasteiger partial charge in [0.2, 0.25) is 5.95 Å². The molecular weight excluding hydrogens is 320 g/mol. The summed E-state index contributed by atoms with van der Waals surface area (Å²) in [4.78, 5) is 19.5. The molecule has 0 unspecified atom stereocenters. The van der Waals surface area contributed by atoms with Crippen molar-refractivity contribution < 1.29 is 9.47 Å². The predicted molar refractivity (Wildman–Crippen MR) is 92.6 cm³/mol. The summed E-state index contributed by atoms with van der Waals surface area (Å²) in [6.45, 7) is 0. The minimum Gasteiger partial charge on any atom is -0.497 e. The van der Waals surface area contributed by atoms with Crippen molar-refractivity contribution in [2.45, 2.75) is 0 Å². The van der Waals surface area contributed by atoms with Gasteiger partial charge in [-0.2, -0.15) is 5.10 Å². The zero-order chi connectivity index (χ0) is 17.2. The third-order valence-electron chi connectivity index (χ3n) is 3.68. The van der Waals surface area contributed by atoms with E-state index in [1.165, 1.54) is 4.68 Å². The number of H-pyrrole nitrogens is 1. The van der Waals surface area contributed by atoms with E-state index in [1.54, 1.807) is 68.0 Å². The molecule has 0 amide bonds. The number of rotatable bonds is 4. The number of benzene rings is 2. The Morgan fingerprint density at radius 1 is 1.04 bits per heavy atom. The van der Waals surface area contributed by atoms with Crippen molar-refractivity contribution in [3.8, 4) is 23.2 Å². The lowest BCUT2D eigenvalue weighted by Crippen LogP contribution is -2.13. The molecule has 2 heterocycles.